The molecule has 0 unspecified atom stereocenters. The number of hydrogen-bond acceptors (Lipinski definition) is 6. The second kappa shape index (κ2) is 12.4. The van der Waals surface area contributed by atoms with Crippen LogP contribution in [0.1, 0.15) is 44.4 Å². The van der Waals surface area contributed by atoms with Gasteiger partial charge in [0.15, 0.2) is 0 Å². The number of anilines is 1. The number of rotatable bonds is 11. The number of halogens is 3. The second-order valence-electron chi connectivity index (χ2n) is 8.27. The predicted molar refractivity (Wildman–Crippen MR) is 130 cm³/mol. The predicted octanol–water partition coefficient (Wildman–Crippen LogP) is 4.48. The molecule has 0 spiro atoms. The molecule has 1 aromatic heterocycles. The normalized spacial score (nSPS) is 13.5. The molecule has 1 N–H and O–H groups in total. The van der Waals surface area contributed by atoms with Crippen molar-refractivity contribution in [3.63, 3.8) is 0 Å². The minimum Gasteiger partial charge on any atom is -0.406 e. The third-order valence-corrected chi connectivity index (χ3v) is 6.93. The molecule has 7 nitrogen and oxygen atoms in total. The number of thioether (sulfide) groups is 1. The van der Waals surface area contributed by atoms with Crippen LogP contribution < -0.4 is 15.7 Å². The minimum absolute atomic E-state index is 0.0334. The molecule has 0 radical (unpaired) electrons. The average molecular weight is 513 g/mol. The minimum atomic E-state index is -4.77. The van der Waals surface area contributed by atoms with Crippen molar-refractivity contribution < 1.29 is 22.7 Å². The van der Waals surface area contributed by atoms with E-state index in [1.165, 1.54) is 23.9 Å². The summed E-state index contributed by atoms with van der Waals surface area (Å²) < 4.78 is 42.5. The van der Waals surface area contributed by atoms with E-state index in [0.29, 0.717) is 17.3 Å². The van der Waals surface area contributed by atoms with E-state index >= 15 is 0 Å². The number of nitrogens with one attached hydrogen (secondary N) is 1. The standard InChI is InChI=1S/C24H31F3N4O3S/c1-3-30(4-2)14-7-15-31-20-9-6-5-8-19(20)22(29-23(31)33)35-16-21(32)28-17-10-12-18(13-11-17)34-24(25,26)27/h10-13H,3-9,14-16H2,1-2H3,(H,28,32). The highest BCUT2D eigenvalue weighted by Gasteiger charge is 2.31. The van der Waals surface area contributed by atoms with Crippen molar-refractivity contribution in [2.75, 3.05) is 30.7 Å². The molecule has 192 valence electrons. The van der Waals surface area contributed by atoms with Crippen LogP contribution in [0, 0.1) is 0 Å². The van der Waals surface area contributed by atoms with Crippen LogP contribution in [-0.2, 0) is 24.2 Å². The molecule has 1 aliphatic carbocycles. The third-order valence-electron chi connectivity index (χ3n) is 5.91. The van der Waals surface area contributed by atoms with Crippen LogP contribution in [0.25, 0.3) is 0 Å². The van der Waals surface area contributed by atoms with Crippen LogP contribution in [0.5, 0.6) is 5.75 Å². The maximum atomic E-state index is 12.8. The van der Waals surface area contributed by atoms with Gasteiger partial charge in [0.25, 0.3) is 0 Å². The molecule has 0 fully saturated rings. The monoisotopic (exact) mass is 512 g/mol. The fraction of sp³-hybridized carbons (Fsp3) is 0.542. The Hall–Kier alpha value is -2.53. The van der Waals surface area contributed by atoms with Gasteiger partial charge in [-0.1, -0.05) is 25.6 Å². The highest BCUT2D eigenvalue weighted by Crippen LogP contribution is 2.29. The third kappa shape index (κ3) is 7.99. The maximum absolute atomic E-state index is 12.8. The summed E-state index contributed by atoms with van der Waals surface area (Å²) in [7, 11) is 0. The lowest BCUT2D eigenvalue weighted by Crippen LogP contribution is -2.32. The summed E-state index contributed by atoms with van der Waals surface area (Å²) in [6, 6.07) is 4.94. The van der Waals surface area contributed by atoms with E-state index in [9.17, 15) is 22.8 Å². The van der Waals surface area contributed by atoms with E-state index in [-0.39, 0.29) is 23.1 Å². The molecule has 0 bridgehead atoms. The van der Waals surface area contributed by atoms with Gasteiger partial charge in [0.2, 0.25) is 5.91 Å². The summed E-state index contributed by atoms with van der Waals surface area (Å²) in [5.41, 5.74) is 2.14. The lowest BCUT2D eigenvalue weighted by atomic mass is 9.97. The molecular formula is C24H31F3N4O3S. The first kappa shape index (κ1) is 27.1. The van der Waals surface area contributed by atoms with Crippen molar-refractivity contribution in [1.82, 2.24) is 14.5 Å². The molecule has 1 heterocycles. The number of aromatic nitrogens is 2. The SMILES string of the molecule is CCN(CC)CCCn1c2c(c(SCC(=O)Nc3ccc(OC(F)(F)F)cc3)nc1=O)CCCC2. The lowest BCUT2D eigenvalue weighted by Gasteiger charge is -2.23. The van der Waals surface area contributed by atoms with Crippen LogP contribution in [0.15, 0.2) is 34.1 Å². The van der Waals surface area contributed by atoms with Crippen LogP contribution in [0.3, 0.4) is 0 Å². The van der Waals surface area contributed by atoms with Gasteiger partial charge < -0.3 is 15.0 Å². The fourth-order valence-electron chi connectivity index (χ4n) is 4.16. The van der Waals surface area contributed by atoms with Gasteiger partial charge in [-0.2, -0.15) is 4.98 Å². The van der Waals surface area contributed by atoms with Gasteiger partial charge in [-0.3, -0.25) is 9.36 Å². The highest BCUT2D eigenvalue weighted by molar-refractivity contribution is 8.00. The van der Waals surface area contributed by atoms with Crippen molar-refractivity contribution in [3.05, 3.63) is 46.0 Å². The van der Waals surface area contributed by atoms with Gasteiger partial charge in [-0.25, -0.2) is 4.79 Å². The Balaban J connectivity index is 1.63. The summed E-state index contributed by atoms with van der Waals surface area (Å²) in [6.45, 7) is 7.76. The second-order valence-corrected chi connectivity index (χ2v) is 9.24. The number of ether oxygens (including phenoxy) is 1. The van der Waals surface area contributed by atoms with Gasteiger partial charge in [0.05, 0.1) is 5.75 Å². The van der Waals surface area contributed by atoms with E-state index < -0.39 is 6.36 Å². The van der Waals surface area contributed by atoms with E-state index in [1.807, 2.05) is 0 Å². The first-order chi connectivity index (χ1) is 16.7. The van der Waals surface area contributed by atoms with E-state index in [2.05, 4.69) is 33.8 Å². The van der Waals surface area contributed by atoms with Gasteiger partial charge >= 0.3 is 12.1 Å². The summed E-state index contributed by atoms with van der Waals surface area (Å²) in [6.07, 6.45) is -0.220. The Morgan fingerprint density at radius 2 is 1.86 bits per heavy atom. The van der Waals surface area contributed by atoms with Gasteiger partial charge in [-0.15, -0.1) is 13.2 Å². The Bertz CT molecular complexity index is 1050. The van der Waals surface area contributed by atoms with Crippen LogP contribution in [-0.4, -0.2) is 52.1 Å². The number of hydrogen-bond donors (Lipinski definition) is 1. The molecule has 1 amide bonds. The topological polar surface area (TPSA) is 76.5 Å². The average Bonchev–Trinajstić information content (AvgIpc) is 2.82. The first-order valence-corrected chi connectivity index (χ1v) is 12.8. The van der Waals surface area contributed by atoms with Crippen molar-refractivity contribution in [3.8, 4) is 5.75 Å². The van der Waals surface area contributed by atoms with Crippen LogP contribution in [0.2, 0.25) is 0 Å². The zero-order chi connectivity index (χ0) is 25.4. The number of carbonyl (C=O) groups excluding carboxylic acids is 1. The zero-order valence-electron chi connectivity index (χ0n) is 20.0. The number of benzene rings is 1. The Kier molecular flexibility index (Phi) is 9.62. The first-order valence-electron chi connectivity index (χ1n) is 11.8. The molecule has 0 atom stereocenters. The number of carbonyl (C=O) groups is 1. The van der Waals surface area contributed by atoms with Crippen LogP contribution >= 0.6 is 11.8 Å². The molecular weight excluding hydrogens is 481 g/mol. The summed E-state index contributed by atoms with van der Waals surface area (Å²) in [5.74, 6) is -0.668. The van der Waals surface area contributed by atoms with Gasteiger partial charge in [0, 0.05) is 23.5 Å². The van der Waals surface area contributed by atoms with E-state index in [0.717, 1.165) is 75.1 Å². The van der Waals surface area contributed by atoms with Crippen molar-refractivity contribution in [1.29, 1.82) is 0 Å². The number of nitrogens with zero attached hydrogens (tertiary/aromatic N) is 3. The molecule has 11 heteroatoms. The molecule has 0 saturated heterocycles. The lowest BCUT2D eigenvalue weighted by molar-refractivity contribution is -0.274. The molecule has 3 rings (SSSR count). The summed E-state index contributed by atoms with van der Waals surface area (Å²) >= 11 is 1.21. The largest absolute Gasteiger partial charge is 0.573 e. The van der Waals surface area contributed by atoms with Crippen molar-refractivity contribution in [2.45, 2.75) is 63.9 Å². The molecule has 35 heavy (non-hydrogen) atoms. The summed E-state index contributed by atoms with van der Waals surface area (Å²) in [5, 5.41) is 3.24. The Morgan fingerprint density at radius 3 is 2.51 bits per heavy atom. The van der Waals surface area contributed by atoms with Gasteiger partial charge in [0.1, 0.15) is 10.8 Å². The fourth-order valence-corrected chi connectivity index (χ4v) is 5.04. The quantitative estimate of drug-likeness (QED) is 0.353. The molecule has 2 aromatic rings. The smallest absolute Gasteiger partial charge is 0.406 e. The summed E-state index contributed by atoms with van der Waals surface area (Å²) in [4.78, 5) is 31.9. The molecule has 1 aliphatic rings. The van der Waals surface area contributed by atoms with Crippen molar-refractivity contribution >= 4 is 23.4 Å². The number of amides is 1. The molecule has 0 saturated carbocycles. The Morgan fingerprint density at radius 1 is 1.17 bits per heavy atom. The van der Waals surface area contributed by atoms with E-state index in [1.54, 1.807) is 4.57 Å². The number of fused-ring (bicyclic) bond motifs is 1. The molecule has 1 aromatic carbocycles. The number of alkyl halides is 3. The Labute approximate surface area is 207 Å². The van der Waals surface area contributed by atoms with Crippen LogP contribution in [0.4, 0.5) is 18.9 Å². The zero-order valence-corrected chi connectivity index (χ0v) is 20.8. The van der Waals surface area contributed by atoms with E-state index in [4.69, 9.17) is 0 Å². The molecule has 0 aliphatic heterocycles. The van der Waals surface area contributed by atoms with Gasteiger partial charge in [-0.05, 0) is 76.0 Å². The maximum Gasteiger partial charge on any atom is 0.573 e. The van der Waals surface area contributed by atoms with Crippen molar-refractivity contribution in [2.24, 2.45) is 0 Å². The highest BCUT2D eigenvalue weighted by atomic mass is 32.2.